The van der Waals surface area contributed by atoms with Crippen LogP contribution in [0.2, 0.25) is 0 Å². The van der Waals surface area contributed by atoms with Crippen molar-refractivity contribution in [3.05, 3.63) is 34.9 Å². The minimum Gasteiger partial charge on any atom is -0.465 e. The summed E-state index contributed by atoms with van der Waals surface area (Å²) in [5, 5.41) is 9.16. The van der Waals surface area contributed by atoms with Gasteiger partial charge in [0.05, 0.1) is 0 Å². The maximum Gasteiger partial charge on any atom is 0.407 e. The molecule has 2 atom stereocenters. The Morgan fingerprint density at radius 1 is 1.41 bits per heavy atom. The molecule has 0 unspecified atom stereocenters. The van der Waals surface area contributed by atoms with Gasteiger partial charge in [-0.3, -0.25) is 4.90 Å². The van der Waals surface area contributed by atoms with Crippen LogP contribution in [0.5, 0.6) is 0 Å². The summed E-state index contributed by atoms with van der Waals surface area (Å²) in [4.78, 5) is 15.2. The van der Waals surface area contributed by atoms with Gasteiger partial charge in [-0.25, -0.2) is 4.79 Å². The van der Waals surface area contributed by atoms with E-state index in [0.29, 0.717) is 18.5 Å². The Balaban J connectivity index is 1.90. The molecule has 1 amide bonds. The number of hydrogen-bond donors (Lipinski definition) is 1. The Labute approximate surface area is 132 Å². The lowest BCUT2D eigenvalue weighted by atomic mass is 9.77. The highest BCUT2D eigenvalue weighted by Gasteiger charge is 2.39. The van der Waals surface area contributed by atoms with Gasteiger partial charge in [-0.05, 0) is 55.5 Å². The van der Waals surface area contributed by atoms with Crippen LogP contribution in [0, 0.1) is 0 Å². The molecule has 3 rings (SSSR count). The fourth-order valence-electron chi connectivity index (χ4n) is 4.33. The van der Waals surface area contributed by atoms with Crippen molar-refractivity contribution in [2.45, 2.75) is 51.1 Å². The third-order valence-corrected chi connectivity index (χ3v) is 5.27. The standard InChI is InChI=1S/C18H26N2O2/c1-3-10-20-11-9-15-16(20)8-7-13-5-4-6-14(17(13)15)12-19(2)18(21)22/h4-6,15-16H,3,7-12H2,1-2H3,(H,21,22)/t15-,16-/m0/s1. The van der Waals surface area contributed by atoms with E-state index in [1.807, 2.05) is 0 Å². The van der Waals surface area contributed by atoms with E-state index < -0.39 is 6.09 Å². The second kappa shape index (κ2) is 6.29. The quantitative estimate of drug-likeness (QED) is 0.928. The van der Waals surface area contributed by atoms with Gasteiger partial charge in [-0.1, -0.05) is 25.1 Å². The lowest BCUT2D eigenvalue weighted by Gasteiger charge is -2.35. The van der Waals surface area contributed by atoms with Crippen molar-refractivity contribution in [2.75, 3.05) is 20.1 Å². The van der Waals surface area contributed by atoms with E-state index in [0.717, 1.165) is 6.42 Å². The molecule has 1 aliphatic carbocycles. The number of carbonyl (C=O) groups is 1. The van der Waals surface area contributed by atoms with Gasteiger partial charge in [0, 0.05) is 25.6 Å². The summed E-state index contributed by atoms with van der Waals surface area (Å²) in [5.41, 5.74) is 4.09. The monoisotopic (exact) mass is 302 g/mol. The molecule has 1 aliphatic heterocycles. The van der Waals surface area contributed by atoms with Gasteiger partial charge >= 0.3 is 6.09 Å². The van der Waals surface area contributed by atoms with Crippen LogP contribution in [0.1, 0.15) is 48.8 Å². The van der Waals surface area contributed by atoms with E-state index >= 15 is 0 Å². The van der Waals surface area contributed by atoms with Gasteiger partial charge in [0.15, 0.2) is 0 Å². The summed E-state index contributed by atoms with van der Waals surface area (Å²) in [6, 6.07) is 7.09. The molecule has 1 saturated heterocycles. The molecule has 1 aromatic rings. The lowest BCUT2D eigenvalue weighted by Crippen LogP contribution is -2.36. The maximum atomic E-state index is 11.2. The van der Waals surface area contributed by atoms with E-state index in [1.165, 1.54) is 53.9 Å². The Kier molecular flexibility index (Phi) is 4.39. The third kappa shape index (κ3) is 2.72. The molecule has 1 aromatic carbocycles. The van der Waals surface area contributed by atoms with Crippen LogP contribution in [0.25, 0.3) is 0 Å². The Hall–Kier alpha value is -1.55. The van der Waals surface area contributed by atoms with Crippen LogP contribution in [-0.4, -0.2) is 47.2 Å². The number of likely N-dealkylation sites (tertiary alicyclic amines) is 1. The van der Waals surface area contributed by atoms with Gasteiger partial charge in [-0.2, -0.15) is 0 Å². The van der Waals surface area contributed by atoms with Crippen LogP contribution < -0.4 is 0 Å². The van der Waals surface area contributed by atoms with Crippen molar-refractivity contribution in [1.29, 1.82) is 0 Å². The average molecular weight is 302 g/mol. The van der Waals surface area contributed by atoms with Crippen LogP contribution in [0.15, 0.2) is 18.2 Å². The van der Waals surface area contributed by atoms with Gasteiger partial charge in [0.1, 0.15) is 0 Å². The smallest absolute Gasteiger partial charge is 0.407 e. The minimum atomic E-state index is -0.857. The molecule has 120 valence electrons. The molecular weight excluding hydrogens is 276 g/mol. The predicted octanol–water partition coefficient (Wildman–Crippen LogP) is 3.31. The Morgan fingerprint density at radius 2 is 2.23 bits per heavy atom. The van der Waals surface area contributed by atoms with Gasteiger partial charge in [0.25, 0.3) is 0 Å². The zero-order chi connectivity index (χ0) is 15.7. The molecule has 0 aromatic heterocycles. The van der Waals surface area contributed by atoms with Crippen LogP contribution in [0.3, 0.4) is 0 Å². The number of benzene rings is 1. The number of rotatable bonds is 4. The number of amides is 1. The highest BCUT2D eigenvalue weighted by molar-refractivity contribution is 5.64. The van der Waals surface area contributed by atoms with Crippen molar-refractivity contribution >= 4 is 6.09 Å². The SMILES string of the molecule is CCCN1CC[C@@H]2c3c(cccc3CN(C)C(=O)O)CC[C@@H]21. The van der Waals surface area contributed by atoms with Gasteiger partial charge in [0.2, 0.25) is 0 Å². The van der Waals surface area contributed by atoms with Crippen LogP contribution in [0.4, 0.5) is 4.79 Å². The molecule has 1 heterocycles. The second-order valence-electron chi connectivity index (χ2n) is 6.67. The molecule has 0 radical (unpaired) electrons. The summed E-state index contributed by atoms with van der Waals surface area (Å²) < 4.78 is 0. The van der Waals surface area contributed by atoms with E-state index in [4.69, 9.17) is 5.11 Å². The van der Waals surface area contributed by atoms with Crippen molar-refractivity contribution in [2.24, 2.45) is 0 Å². The molecule has 4 nitrogen and oxygen atoms in total. The zero-order valence-electron chi connectivity index (χ0n) is 13.6. The molecule has 0 spiro atoms. The van der Waals surface area contributed by atoms with Gasteiger partial charge in [-0.15, -0.1) is 0 Å². The number of hydrogen-bond acceptors (Lipinski definition) is 2. The maximum absolute atomic E-state index is 11.2. The largest absolute Gasteiger partial charge is 0.465 e. The van der Waals surface area contributed by atoms with Crippen molar-refractivity contribution < 1.29 is 9.90 Å². The molecule has 22 heavy (non-hydrogen) atoms. The van der Waals surface area contributed by atoms with Gasteiger partial charge < -0.3 is 10.0 Å². The topological polar surface area (TPSA) is 43.8 Å². The molecule has 0 bridgehead atoms. The minimum absolute atomic E-state index is 0.496. The molecule has 0 saturated carbocycles. The van der Waals surface area contributed by atoms with E-state index in [-0.39, 0.29) is 0 Å². The first-order chi connectivity index (χ1) is 10.6. The zero-order valence-corrected chi connectivity index (χ0v) is 13.6. The third-order valence-electron chi connectivity index (χ3n) is 5.27. The summed E-state index contributed by atoms with van der Waals surface area (Å²) in [7, 11) is 1.65. The molecule has 1 fully saturated rings. The number of nitrogens with zero attached hydrogens (tertiary/aromatic N) is 2. The first-order valence-electron chi connectivity index (χ1n) is 8.40. The highest BCUT2D eigenvalue weighted by atomic mass is 16.4. The number of aryl methyl sites for hydroxylation is 1. The molecule has 1 N–H and O–H groups in total. The van der Waals surface area contributed by atoms with E-state index in [9.17, 15) is 4.79 Å². The van der Waals surface area contributed by atoms with Crippen molar-refractivity contribution in [1.82, 2.24) is 9.80 Å². The second-order valence-corrected chi connectivity index (χ2v) is 6.67. The summed E-state index contributed by atoms with van der Waals surface area (Å²) in [5.74, 6) is 0.591. The first-order valence-corrected chi connectivity index (χ1v) is 8.40. The number of carboxylic acid groups (broad SMARTS) is 1. The van der Waals surface area contributed by atoms with Crippen molar-refractivity contribution in [3.8, 4) is 0 Å². The Morgan fingerprint density at radius 3 is 2.95 bits per heavy atom. The number of fused-ring (bicyclic) bond motifs is 3. The summed E-state index contributed by atoms with van der Waals surface area (Å²) in [6.07, 6.45) is 3.94. The lowest BCUT2D eigenvalue weighted by molar-refractivity contribution is 0.153. The summed E-state index contributed by atoms with van der Waals surface area (Å²) in [6.45, 7) is 5.12. The molecular formula is C18H26N2O2. The van der Waals surface area contributed by atoms with Crippen LogP contribution in [-0.2, 0) is 13.0 Å². The van der Waals surface area contributed by atoms with Crippen LogP contribution >= 0.6 is 0 Å². The fraction of sp³-hybridized carbons (Fsp3) is 0.611. The van der Waals surface area contributed by atoms with E-state index in [1.54, 1.807) is 7.05 Å². The van der Waals surface area contributed by atoms with Crippen molar-refractivity contribution in [3.63, 3.8) is 0 Å². The predicted molar refractivity (Wildman–Crippen MR) is 87.3 cm³/mol. The molecule has 4 heteroatoms. The summed E-state index contributed by atoms with van der Waals surface area (Å²) >= 11 is 0. The Bertz CT molecular complexity index is 558. The van der Waals surface area contributed by atoms with E-state index in [2.05, 4.69) is 30.0 Å². The first kappa shape index (κ1) is 15.3. The highest BCUT2D eigenvalue weighted by Crippen LogP contribution is 2.43. The normalized spacial score (nSPS) is 23.9. The fourth-order valence-corrected chi connectivity index (χ4v) is 4.33. The average Bonchev–Trinajstić information content (AvgIpc) is 2.91. The molecule has 2 aliphatic rings.